The first-order chi connectivity index (χ1) is 18.3. The third kappa shape index (κ3) is 4.66. The van der Waals surface area contributed by atoms with E-state index in [0.717, 1.165) is 61.0 Å². The van der Waals surface area contributed by atoms with Crippen LogP contribution in [0, 0.1) is 6.92 Å². The number of nitrogens with zero attached hydrogens (tertiary/aromatic N) is 6. The van der Waals surface area contributed by atoms with Crippen molar-refractivity contribution in [2.75, 3.05) is 11.6 Å². The van der Waals surface area contributed by atoms with Gasteiger partial charge in [-0.15, -0.1) is 0 Å². The summed E-state index contributed by atoms with van der Waals surface area (Å²) in [5, 5.41) is 3.16. The first-order valence-corrected chi connectivity index (χ1v) is 14.8. The number of aryl methyl sites for hydroxylation is 1. The molecule has 0 spiro atoms. The van der Waals surface area contributed by atoms with Crippen LogP contribution in [-0.4, -0.2) is 44.2 Å². The summed E-state index contributed by atoms with van der Waals surface area (Å²) in [6, 6.07) is 6.64. The van der Waals surface area contributed by atoms with E-state index in [9.17, 15) is 13.2 Å². The molecule has 3 heterocycles. The van der Waals surface area contributed by atoms with Gasteiger partial charge in [0.2, 0.25) is 0 Å². The lowest BCUT2D eigenvalue weighted by Gasteiger charge is -2.18. The van der Waals surface area contributed by atoms with E-state index >= 15 is 0 Å². The fourth-order valence-corrected chi connectivity index (χ4v) is 5.84. The molecule has 196 valence electrons. The lowest BCUT2D eigenvalue weighted by Crippen LogP contribution is -2.28. The average Bonchev–Trinajstić information content (AvgIpc) is 3.61. The number of nitrogens with one attached hydrogen (secondary N) is 1. The summed E-state index contributed by atoms with van der Waals surface area (Å²) in [6.45, 7) is 2.26. The predicted octanol–water partition coefficient (Wildman–Crippen LogP) is 3.96. The summed E-state index contributed by atoms with van der Waals surface area (Å²) in [7, 11) is -3.27. The highest BCUT2D eigenvalue weighted by atomic mass is 32.2. The Hall–Kier alpha value is -3.73. The number of benzene rings is 1. The molecule has 11 heteroatoms. The van der Waals surface area contributed by atoms with Crippen LogP contribution in [0.1, 0.15) is 67.4 Å². The molecule has 0 saturated heterocycles. The van der Waals surface area contributed by atoms with Crippen LogP contribution in [0.5, 0.6) is 0 Å². The van der Waals surface area contributed by atoms with Gasteiger partial charge in [0.25, 0.3) is 5.56 Å². The molecule has 0 unspecified atom stereocenters. The minimum absolute atomic E-state index is 0.0429. The van der Waals surface area contributed by atoms with E-state index in [-0.39, 0.29) is 22.3 Å². The second-order valence-corrected chi connectivity index (χ2v) is 12.3. The van der Waals surface area contributed by atoms with E-state index < -0.39 is 9.84 Å². The van der Waals surface area contributed by atoms with Gasteiger partial charge in [-0.25, -0.2) is 33.3 Å². The van der Waals surface area contributed by atoms with Crippen LogP contribution in [0.4, 0.5) is 5.82 Å². The van der Waals surface area contributed by atoms with Crippen LogP contribution in [0.2, 0.25) is 0 Å². The normalized spacial score (nSPS) is 16.3. The molecule has 2 saturated carbocycles. The van der Waals surface area contributed by atoms with Crippen LogP contribution in [0.15, 0.2) is 46.5 Å². The molecular weight excluding hydrogens is 502 g/mol. The van der Waals surface area contributed by atoms with Gasteiger partial charge in [-0.05, 0) is 50.3 Å². The van der Waals surface area contributed by atoms with Gasteiger partial charge < -0.3 is 5.32 Å². The Balaban J connectivity index is 1.40. The zero-order chi connectivity index (χ0) is 26.4. The van der Waals surface area contributed by atoms with Gasteiger partial charge in [-0.3, -0.25) is 9.36 Å². The van der Waals surface area contributed by atoms with Gasteiger partial charge in [0.1, 0.15) is 11.8 Å². The minimum Gasteiger partial charge on any atom is -0.361 e. The largest absolute Gasteiger partial charge is 0.361 e. The molecular formula is C27H29N7O3S. The minimum atomic E-state index is -3.27. The highest BCUT2D eigenvalue weighted by Crippen LogP contribution is 2.43. The molecule has 10 nitrogen and oxygen atoms in total. The van der Waals surface area contributed by atoms with Crippen molar-refractivity contribution < 1.29 is 8.42 Å². The van der Waals surface area contributed by atoms with E-state index in [0.29, 0.717) is 29.5 Å². The molecule has 2 fully saturated rings. The monoisotopic (exact) mass is 531 g/mol. The van der Waals surface area contributed by atoms with Crippen molar-refractivity contribution in [3.8, 4) is 11.4 Å². The van der Waals surface area contributed by atoms with Gasteiger partial charge in [-0.2, -0.15) is 0 Å². The van der Waals surface area contributed by atoms with Gasteiger partial charge >= 0.3 is 0 Å². The molecule has 6 rings (SSSR count). The molecule has 0 aliphatic heterocycles. The Kier molecular flexibility index (Phi) is 6.17. The molecule has 0 radical (unpaired) electrons. The summed E-state index contributed by atoms with van der Waals surface area (Å²) in [6.07, 6.45) is 10.6. The number of rotatable bonds is 7. The van der Waals surface area contributed by atoms with Crippen molar-refractivity contribution >= 4 is 26.8 Å². The molecule has 3 aromatic heterocycles. The molecule has 2 aliphatic carbocycles. The second-order valence-electron chi connectivity index (χ2n) is 10.2. The summed E-state index contributed by atoms with van der Waals surface area (Å²) in [5.74, 6) is 1.15. The van der Waals surface area contributed by atoms with Gasteiger partial charge in [-0.1, -0.05) is 25.0 Å². The van der Waals surface area contributed by atoms with E-state index in [4.69, 9.17) is 4.98 Å². The van der Waals surface area contributed by atoms with Gasteiger partial charge in [0.15, 0.2) is 27.1 Å². The van der Waals surface area contributed by atoms with Crippen LogP contribution < -0.4 is 10.9 Å². The van der Waals surface area contributed by atoms with E-state index in [1.165, 1.54) is 6.26 Å². The Bertz CT molecular complexity index is 1690. The molecule has 1 aromatic carbocycles. The van der Waals surface area contributed by atoms with Gasteiger partial charge in [0.05, 0.1) is 28.0 Å². The van der Waals surface area contributed by atoms with Gasteiger partial charge in [0, 0.05) is 24.8 Å². The summed E-state index contributed by atoms with van der Waals surface area (Å²) in [5.41, 5.74) is 4.33. The average molecular weight is 532 g/mol. The summed E-state index contributed by atoms with van der Waals surface area (Å²) >= 11 is 0. The second kappa shape index (κ2) is 9.54. The van der Waals surface area contributed by atoms with E-state index in [2.05, 4.69) is 25.3 Å². The Labute approximate surface area is 220 Å². The van der Waals surface area contributed by atoms with E-state index in [1.54, 1.807) is 41.4 Å². The number of aromatic nitrogens is 6. The highest BCUT2D eigenvalue weighted by molar-refractivity contribution is 7.90. The third-order valence-electron chi connectivity index (χ3n) is 7.39. The molecule has 4 aromatic rings. The molecule has 38 heavy (non-hydrogen) atoms. The van der Waals surface area contributed by atoms with Crippen molar-refractivity contribution in [3.05, 3.63) is 64.1 Å². The predicted molar refractivity (Wildman–Crippen MR) is 144 cm³/mol. The molecule has 1 N–H and O–H groups in total. The molecule has 0 bridgehead atoms. The zero-order valence-corrected chi connectivity index (χ0v) is 22.2. The maximum Gasteiger partial charge on any atom is 0.295 e. The van der Waals surface area contributed by atoms with Crippen LogP contribution >= 0.6 is 0 Å². The summed E-state index contributed by atoms with van der Waals surface area (Å²) in [4.78, 5) is 37.1. The number of hydrogen-bond donors (Lipinski definition) is 1. The number of fused-ring (bicyclic) bond motifs is 1. The third-order valence-corrected chi connectivity index (χ3v) is 8.52. The quantitative estimate of drug-likeness (QED) is 0.376. The maximum atomic E-state index is 13.8. The smallest absolute Gasteiger partial charge is 0.295 e. The first kappa shape index (κ1) is 24.6. The topological polar surface area (TPSA) is 133 Å². The fraction of sp³-hybridized carbons (Fsp3) is 0.407. The number of anilines is 1. The van der Waals surface area contributed by atoms with Crippen molar-refractivity contribution in [2.45, 2.75) is 68.8 Å². The number of hydrogen-bond acceptors (Lipinski definition) is 9. The number of sulfone groups is 1. The van der Waals surface area contributed by atoms with E-state index in [1.807, 2.05) is 6.92 Å². The van der Waals surface area contributed by atoms with Crippen molar-refractivity contribution in [1.82, 2.24) is 29.5 Å². The lowest BCUT2D eigenvalue weighted by molar-refractivity contribution is 0.515. The highest BCUT2D eigenvalue weighted by Gasteiger charge is 2.31. The zero-order valence-electron chi connectivity index (χ0n) is 21.4. The Morgan fingerprint density at radius 2 is 1.74 bits per heavy atom. The fourth-order valence-electron chi connectivity index (χ4n) is 5.21. The maximum absolute atomic E-state index is 13.8. The van der Waals surface area contributed by atoms with Crippen molar-refractivity contribution in [2.24, 2.45) is 0 Å². The Morgan fingerprint density at radius 3 is 2.42 bits per heavy atom. The molecule has 2 aliphatic rings. The van der Waals surface area contributed by atoms with Crippen molar-refractivity contribution in [3.63, 3.8) is 0 Å². The van der Waals surface area contributed by atoms with Crippen LogP contribution in [0.3, 0.4) is 0 Å². The van der Waals surface area contributed by atoms with Crippen molar-refractivity contribution in [1.29, 1.82) is 0 Å². The van der Waals surface area contributed by atoms with Crippen LogP contribution in [-0.2, 0) is 16.4 Å². The lowest BCUT2D eigenvalue weighted by atomic mass is 10.1. The Morgan fingerprint density at radius 1 is 1.00 bits per heavy atom. The standard InChI is InChI=1S/C27H29N7O3S/c1-16-22(23(18-9-10-18)31-15-30-16)24-29-14-21-26(33-24)34(19-5-3-4-6-19)27(35)25(32-21)28-13-17-7-11-20(12-8-17)38(2,36)37/h7-8,11-12,14-15,18-19H,3-6,9-10,13H2,1-2H3,(H,28,32). The summed E-state index contributed by atoms with van der Waals surface area (Å²) < 4.78 is 25.3. The first-order valence-electron chi connectivity index (χ1n) is 12.9. The SMILES string of the molecule is Cc1ncnc(C2CC2)c1-c1ncc2nc(NCc3ccc(S(C)(=O)=O)cc3)c(=O)n(C3CCCC3)c2n1. The molecule has 0 atom stereocenters. The van der Waals surface area contributed by atoms with Crippen LogP contribution in [0.25, 0.3) is 22.6 Å². The molecule has 0 amide bonds.